The Labute approximate surface area is 307 Å². The van der Waals surface area contributed by atoms with Crippen LogP contribution in [-0.4, -0.2) is 44.7 Å². The van der Waals surface area contributed by atoms with E-state index in [2.05, 4.69) is 75.8 Å². The molecule has 0 saturated heterocycles. The van der Waals surface area contributed by atoms with Crippen LogP contribution in [0.5, 0.6) is 11.5 Å². The van der Waals surface area contributed by atoms with Crippen LogP contribution in [0, 0.1) is 0 Å². The van der Waals surface area contributed by atoms with Crippen molar-refractivity contribution in [2.75, 3.05) is 0 Å². The molecule has 52 heavy (non-hydrogen) atoms. The lowest BCUT2D eigenvalue weighted by Gasteiger charge is -2.26. The predicted molar refractivity (Wildman–Crippen MR) is 216 cm³/mol. The van der Waals surface area contributed by atoms with Crippen molar-refractivity contribution in [2.24, 2.45) is 9.98 Å². The van der Waals surface area contributed by atoms with Gasteiger partial charge >= 0.3 is 0 Å². The number of aromatic hydroxyl groups is 2. The van der Waals surface area contributed by atoms with Crippen LogP contribution in [0.3, 0.4) is 0 Å². The molecule has 1 fully saturated rings. The van der Waals surface area contributed by atoms with Crippen molar-refractivity contribution in [3.8, 4) is 33.8 Å². The number of fused-ring (bicyclic) bond motifs is 2. The Morgan fingerprint density at radius 2 is 0.962 bits per heavy atom. The van der Waals surface area contributed by atoms with Crippen LogP contribution in [0.4, 0.5) is 0 Å². The summed E-state index contributed by atoms with van der Waals surface area (Å²) >= 11 is 0. The number of rotatable bonds is 6. The standard InChI is InChI=1S/C46H48N4O2/c1-45(2,3)33-23-31(43(51)37(25-33)35-17-9-13-29-15-11-21-47-41(29)35)27-49-39-19-7-8-20-40(39)50-28-32-24-34(46(4,5)6)26-38(44(32)52)36-18-10-14-30-16-12-22-48-42(30)36/h9-18,21-28,39-40,51-52H,7-8,19-20H2,1-6H3/t39-,40-/m1/s1. The number of benzene rings is 4. The van der Waals surface area contributed by atoms with E-state index in [1.807, 2.05) is 73.1 Å². The molecular formula is C46H48N4O2. The van der Waals surface area contributed by atoms with Crippen LogP contribution in [-0.2, 0) is 10.8 Å². The molecule has 0 aliphatic heterocycles. The van der Waals surface area contributed by atoms with E-state index in [1.165, 1.54) is 0 Å². The second-order valence-electron chi connectivity index (χ2n) is 16.2. The van der Waals surface area contributed by atoms with E-state index in [9.17, 15) is 10.2 Å². The molecule has 6 nitrogen and oxygen atoms in total. The molecule has 2 N–H and O–H groups in total. The van der Waals surface area contributed by atoms with E-state index in [1.54, 1.807) is 12.4 Å². The van der Waals surface area contributed by atoms with Crippen molar-refractivity contribution >= 4 is 34.2 Å². The highest BCUT2D eigenvalue weighted by atomic mass is 16.3. The molecule has 7 rings (SSSR count). The number of aromatic nitrogens is 2. The zero-order valence-electron chi connectivity index (χ0n) is 31.1. The van der Waals surface area contributed by atoms with E-state index in [4.69, 9.17) is 9.98 Å². The van der Waals surface area contributed by atoms with Crippen molar-refractivity contribution in [2.45, 2.75) is 90.1 Å². The van der Waals surface area contributed by atoms with Crippen molar-refractivity contribution in [1.29, 1.82) is 0 Å². The minimum absolute atomic E-state index is 0.0555. The topological polar surface area (TPSA) is 91.0 Å². The summed E-state index contributed by atoms with van der Waals surface area (Å²) < 4.78 is 0. The van der Waals surface area contributed by atoms with E-state index in [0.717, 1.165) is 80.9 Å². The molecule has 6 aromatic rings. The van der Waals surface area contributed by atoms with E-state index < -0.39 is 0 Å². The van der Waals surface area contributed by atoms with Crippen LogP contribution < -0.4 is 0 Å². The SMILES string of the molecule is CC(C)(C)c1cc(C=N[C@@H]2CCCC[C@H]2N=Cc2cc(C(C)(C)C)cc(-c3cccc4cccnc34)c2O)c(O)c(-c2cccc3cccnc23)c1. The summed E-state index contributed by atoms with van der Waals surface area (Å²) in [5.74, 6) is 0.398. The molecule has 1 saturated carbocycles. The van der Waals surface area contributed by atoms with Crippen LogP contribution in [0.25, 0.3) is 44.1 Å². The molecule has 0 radical (unpaired) electrons. The highest BCUT2D eigenvalue weighted by Gasteiger charge is 2.26. The average Bonchev–Trinajstić information content (AvgIpc) is 3.13. The first-order valence-electron chi connectivity index (χ1n) is 18.4. The second kappa shape index (κ2) is 14.0. The first-order valence-corrected chi connectivity index (χ1v) is 18.4. The van der Waals surface area contributed by atoms with Gasteiger partial charge in [0.15, 0.2) is 0 Å². The normalized spacial score (nSPS) is 17.1. The maximum absolute atomic E-state index is 11.8. The molecule has 4 aromatic carbocycles. The molecule has 0 spiro atoms. The van der Waals surface area contributed by atoms with Gasteiger partial charge in [-0.3, -0.25) is 20.0 Å². The van der Waals surface area contributed by atoms with Gasteiger partial charge in [-0.25, -0.2) is 0 Å². The highest BCUT2D eigenvalue weighted by Crippen LogP contribution is 2.41. The fourth-order valence-corrected chi connectivity index (χ4v) is 7.22. The van der Waals surface area contributed by atoms with Crippen molar-refractivity contribution in [3.63, 3.8) is 0 Å². The molecule has 6 heteroatoms. The monoisotopic (exact) mass is 688 g/mol. The first kappa shape index (κ1) is 35.1. The van der Waals surface area contributed by atoms with Gasteiger partial charge in [0.25, 0.3) is 0 Å². The van der Waals surface area contributed by atoms with Crippen molar-refractivity contribution < 1.29 is 10.2 Å². The fraction of sp³-hybridized carbons (Fsp3) is 0.304. The Morgan fingerprint density at radius 3 is 1.37 bits per heavy atom. The maximum atomic E-state index is 11.8. The molecule has 0 amide bonds. The van der Waals surface area contributed by atoms with Gasteiger partial charge in [-0.1, -0.05) is 103 Å². The van der Waals surface area contributed by atoms with E-state index >= 15 is 0 Å². The van der Waals surface area contributed by atoms with Gasteiger partial charge in [0.2, 0.25) is 0 Å². The number of pyridine rings is 2. The third-order valence-corrected chi connectivity index (χ3v) is 10.4. The Balaban J connectivity index is 1.25. The number of hydrogen-bond acceptors (Lipinski definition) is 6. The molecule has 2 atom stereocenters. The zero-order valence-corrected chi connectivity index (χ0v) is 31.1. The lowest BCUT2D eigenvalue weighted by Crippen LogP contribution is -2.27. The minimum Gasteiger partial charge on any atom is -0.507 e. The van der Waals surface area contributed by atoms with Crippen molar-refractivity contribution in [3.05, 3.63) is 120 Å². The summed E-state index contributed by atoms with van der Waals surface area (Å²) in [4.78, 5) is 19.6. The Bertz CT molecular complexity index is 2150. The Kier molecular flexibility index (Phi) is 9.43. The van der Waals surface area contributed by atoms with Gasteiger partial charge in [-0.15, -0.1) is 0 Å². The van der Waals surface area contributed by atoms with Crippen LogP contribution >= 0.6 is 0 Å². The molecular weight excluding hydrogens is 641 g/mol. The van der Waals surface area contributed by atoms with Crippen LogP contribution in [0.2, 0.25) is 0 Å². The molecule has 1 aliphatic rings. The molecule has 264 valence electrons. The summed E-state index contributed by atoms with van der Waals surface area (Å²) in [6, 6.07) is 28.3. The number of phenols is 2. The van der Waals surface area contributed by atoms with Crippen molar-refractivity contribution in [1.82, 2.24) is 9.97 Å². The summed E-state index contributed by atoms with van der Waals surface area (Å²) in [6.07, 6.45) is 11.2. The van der Waals surface area contributed by atoms with Gasteiger partial charge < -0.3 is 10.2 Å². The summed E-state index contributed by atoms with van der Waals surface area (Å²) in [7, 11) is 0. The van der Waals surface area contributed by atoms with Gasteiger partial charge in [-0.2, -0.15) is 0 Å². The van der Waals surface area contributed by atoms with Gasteiger partial charge in [0.1, 0.15) is 11.5 Å². The quantitative estimate of drug-likeness (QED) is 0.170. The van der Waals surface area contributed by atoms with Crippen LogP contribution in [0.15, 0.2) is 107 Å². The number of phenolic OH excluding ortho intramolecular Hbond substituents is 2. The minimum atomic E-state index is -0.148. The van der Waals surface area contributed by atoms with Gasteiger partial charge in [0.05, 0.1) is 23.1 Å². The smallest absolute Gasteiger partial charge is 0.132 e. The summed E-state index contributed by atoms with van der Waals surface area (Å²) in [5.41, 5.74) is 8.31. The average molecular weight is 689 g/mol. The maximum Gasteiger partial charge on any atom is 0.132 e. The predicted octanol–water partition coefficient (Wildman–Crippen LogP) is 11.0. The summed E-state index contributed by atoms with van der Waals surface area (Å²) in [6.45, 7) is 13.1. The molecule has 1 aliphatic carbocycles. The third-order valence-electron chi connectivity index (χ3n) is 10.4. The van der Waals surface area contributed by atoms with E-state index in [0.29, 0.717) is 11.1 Å². The molecule has 0 bridgehead atoms. The van der Waals surface area contributed by atoms with E-state index in [-0.39, 0.29) is 34.4 Å². The van der Waals surface area contributed by atoms with Gasteiger partial charge in [-0.05, 0) is 71.2 Å². The molecule has 2 heterocycles. The Hall–Kier alpha value is -5.36. The third kappa shape index (κ3) is 7.07. The number of hydrogen-bond donors (Lipinski definition) is 2. The molecule has 0 unspecified atom stereocenters. The second-order valence-corrected chi connectivity index (χ2v) is 16.2. The molecule has 2 aromatic heterocycles. The number of nitrogens with zero attached hydrogens (tertiary/aromatic N) is 4. The van der Waals surface area contributed by atoms with Gasteiger partial charge in [0, 0.05) is 69.0 Å². The Morgan fingerprint density at radius 1 is 0.558 bits per heavy atom. The highest BCUT2D eigenvalue weighted by molar-refractivity contribution is 5.99. The summed E-state index contributed by atoms with van der Waals surface area (Å²) in [5, 5.41) is 25.6. The lowest BCUT2D eigenvalue weighted by molar-refractivity contribution is 0.390. The largest absolute Gasteiger partial charge is 0.507 e. The number of aliphatic imine (C=N–C) groups is 2. The fourth-order valence-electron chi connectivity index (χ4n) is 7.22. The van der Waals surface area contributed by atoms with Crippen LogP contribution in [0.1, 0.15) is 89.5 Å². The lowest BCUT2D eigenvalue weighted by atomic mass is 9.83. The first-order chi connectivity index (χ1) is 24.9. The zero-order chi connectivity index (χ0) is 36.6. The number of para-hydroxylation sites is 2.